The van der Waals surface area contributed by atoms with Crippen LogP contribution in [-0.2, 0) is 9.53 Å². The standard InChI is InChI=1S/C27H44N4O3/c1-21(20-27(2,3)4)18-25(32)29-22-8-9-24(31-12-5-6-13-31)23(19-22)26(33)28-10-7-11-30-14-16-34-17-15-30/h8-9,19,21H,5-7,10-18,20H2,1-4H3,(H,28,33)(H,29,32). The first-order valence-corrected chi connectivity index (χ1v) is 13.0. The Labute approximate surface area is 205 Å². The molecule has 7 heteroatoms. The van der Waals surface area contributed by atoms with Crippen molar-refractivity contribution < 1.29 is 14.3 Å². The van der Waals surface area contributed by atoms with Gasteiger partial charge in [-0.05, 0) is 61.8 Å². The number of ether oxygens (including phenoxy) is 1. The average molecular weight is 473 g/mol. The van der Waals surface area contributed by atoms with E-state index in [4.69, 9.17) is 4.74 Å². The summed E-state index contributed by atoms with van der Waals surface area (Å²) in [5.41, 5.74) is 2.50. The van der Waals surface area contributed by atoms with E-state index in [1.165, 1.54) is 0 Å². The van der Waals surface area contributed by atoms with Crippen molar-refractivity contribution in [1.29, 1.82) is 0 Å². The first kappa shape index (κ1) is 26.5. The molecule has 7 nitrogen and oxygen atoms in total. The molecule has 2 aliphatic rings. The fourth-order valence-corrected chi connectivity index (χ4v) is 5.10. The molecule has 2 amide bonds. The molecule has 0 aromatic heterocycles. The van der Waals surface area contributed by atoms with Crippen molar-refractivity contribution in [1.82, 2.24) is 10.2 Å². The van der Waals surface area contributed by atoms with E-state index < -0.39 is 0 Å². The lowest BCUT2D eigenvalue weighted by Gasteiger charge is -2.26. The van der Waals surface area contributed by atoms with E-state index >= 15 is 0 Å². The Balaban J connectivity index is 1.60. The minimum Gasteiger partial charge on any atom is -0.379 e. The molecule has 0 aliphatic carbocycles. The average Bonchev–Trinajstić information content (AvgIpc) is 3.30. The Kier molecular flexibility index (Phi) is 9.77. The summed E-state index contributed by atoms with van der Waals surface area (Å²) in [6.45, 7) is 15.8. The Morgan fingerprint density at radius 3 is 2.47 bits per heavy atom. The number of benzene rings is 1. The topological polar surface area (TPSA) is 73.9 Å². The maximum atomic E-state index is 13.2. The van der Waals surface area contributed by atoms with Gasteiger partial charge in [0, 0.05) is 50.5 Å². The van der Waals surface area contributed by atoms with Crippen molar-refractivity contribution >= 4 is 23.2 Å². The molecule has 0 saturated carbocycles. The summed E-state index contributed by atoms with van der Waals surface area (Å²) in [4.78, 5) is 30.5. The smallest absolute Gasteiger partial charge is 0.253 e. The molecule has 0 radical (unpaired) electrons. The van der Waals surface area contributed by atoms with Gasteiger partial charge >= 0.3 is 0 Å². The summed E-state index contributed by atoms with van der Waals surface area (Å²) in [6, 6.07) is 5.76. The van der Waals surface area contributed by atoms with E-state index in [0.29, 0.717) is 30.1 Å². The van der Waals surface area contributed by atoms with Gasteiger partial charge in [-0.2, -0.15) is 0 Å². The van der Waals surface area contributed by atoms with Crippen LogP contribution in [0.4, 0.5) is 11.4 Å². The zero-order chi connectivity index (χ0) is 24.6. The second-order valence-corrected chi connectivity index (χ2v) is 11.1. The number of carbonyl (C=O) groups excluding carboxylic acids is 2. The molecule has 1 unspecified atom stereocenters. The van der Waals surface area contributed by atoms with Crippen molar-refractivity contribution in [2.45, 2.75) is 59.8 Å². The lowest BCUT2D eigenvalue weighted by atomic mass is 9.84. The summed E-state index contributed by atoms with van der Waals surface area (Å²) in [7, 11) is 0. The van der Waals surface area contributed by atoms with Gasteiger partial charge < -0.3 is 20.3 Å². The second-order valence-electron chi connectivity index (χ2n) is 11.1. The minimum absolute atomic E-state index is 0.00235. The summed E-state index contributed by atoms with van der Waals surface area (Å²) < 4.78 is 5.40. The Morgan fingerprint density at radius 1 is 1.09 bits per heavy atom. The van der Waals surface area contributed by atoms with Gasteiger partial charge in [0.05, 0.1) is 18.8 Å². The highest BCUT2D eigenvalue weighted by Gasteiger charge is 2.22. The highest BCUT2D eigenvalue weighted by Crippen LogP contribution is 2.29. The predicted molar refractivity (Wildman–Crippen MR) is 139 cm³/mol. The summed E-state index contributed by atoms with van der Waals surface area (Å²) in [6.07, 6.45) is 4.67. The molecule has 2 fully saturated rings. The number of rotatable bonds is 10. The molecule has 0 spiro atoms. The minimum atomic E-state index is -0.0684. The lowest BCUT2D eigenvalue weighted by Crippen LogP contribution is -2.38. The van der Waals surface area contributed by atoms with Crippen LogP contribution in [0.5, 0.6) is 0 Å². The molecular formula is C27H44N4O3. The van der Waals surface area contributed by atoms with Crippen LogP contribution < -0.4 is 15.5 Å². The monoisotopic (exact) mass is 472 g/mol. The third kappa shape index (κ3) is 8.58. The van der Waals surface area contributed by atoms with Crippen LogP contribution in [0.15, 0.2) is 18.2 Å². The molecule has 2 heterocycles. The van der Waals surface area contributed by atoms with Crippen LogP contribution in [0, 0.1) is 11.3 Å². The van der Waals surface area contributed by atoms with E-state index in [0.717, 1.165) is 77.3 Å². The van der Waals surface area contributed by atoms with Crippen molar-refractivity contribution in [3.05, 3.63) is 23.8 Å². The first-order chi connectivity index (χ1) is 16.2. The number of amides is 2. The molecule has 2 aliphatic heterocycles. The van der Waals surface area contributed by atoms with Crippen molar-refractivity contribution in [3.8, 4) is 0 Å². The van der Waals surface area contributed by atoms with Crippen LogP contribution in [-0.4, -0.2) is 69.2 Å². The van der Waals surface area contributed by atoms with E-state index in [-0.39, 0.29) is 17.2 Å². The molecule has 34 heavy (non-hydrogen) atoms. The van der Waals surface area contributed by atoms with Crippen molar-refractivity contribution in [3.63, 3.8) is 0 Å². The fraction of sp³-hybridized carbons (Fsp3) is 0.704. The number of nitrogens with one attached hydrogen (secondary N) is 2. The summed E-state index contributed by atoms with van der Waals surface area (Å²) >= 11 is 0. The Hall–Kier alpha value is -2.12. The first-order valence-electron chi connectivity index (χ1n) is 13.0. The Bertz CT molecular complexity index is 809. The van der Waals surface area contributed by atoms with Crippen LogP contribution in [0.1, 0.15) is 70.2 Å². The number of morpholine rings is 1. The maximum absolute atomic E-state index is 13.2. The summed E-state index contributed by atoms with van der Waals surface area (Å²) in [5.74, 6) is 0.238. The van der Waals surface area contributed by atoms with Gasteiger partial charge in [0.15, 0.2) is 0 Å². The van der Waals surface area contributed by atoms with E-state index in [1.807, 2.05) is 18.2 Å². The molecule has 3 rings (SSSR count). The second kappa shape index (κ2) is 12.5. The number of anilines is 2. The third-order valence-electron chi connectivity index (χ3n) is 6.51. The van der Waals surface area contributed by atoms with Gasteiger partial charge in [0.1, 0.15) is 0 Å². The van der Waals surface area contributed by atoms with Crippen molar-refractivity contribution in [2.24, 2.45) is 11.3 Å². The largest absolute Gasteiger partial charge is 0.379 e. The predicted octanol–water partition coefficient (Wildman–Crippen LogP) is 4.14. The van der Waals surface area contributed by atoms with Crippen molar-refractivity contribution in [2.75, 3.05) is 62.7 Å². The van der Waals surface area contributed by atoms with Gasteiger partial charge in [-0.1, -0.05) is 27.7 Å². The van der Waals surface area contributed by atoms with Gasteiger partial charge in [-0.15, -0.1) is 0 Å². The molecule has 2 N–H and O–H groups in total. The molecular weight excluding hydrogens is 428 g/mol. The van der Waals surface area contributed by atoms with E-state index in [2.05, 4.69) is 48.1 Å². The van der Waals surface area contributed by atoms with Gasteiger partial charge in [-0.3, -0.25) is 14.5 Å². The normalized spacial score (nSPS) is 18.1. The van der Waals surface area contributed by atoms with Gasteiger partial charge in [-0.25, -0.2) is 0 Å². The lowest BCUT2D eigenvalue weighted by molar-refractivity contribution is -0.117. The zero-order valence-electron chi connectivity index (χ0n) is 21.6. The van der Waals surface area contributed by atoms with Crippen LogP contribution in [0.2, 0.25) is 0 Å². The zero-order valence-corrected chi connectivity index (χ0v) is 21.6. The van der Waals surface area contributed by atoms with E-state index in [9.17, 15) is 9.59 Å². The molecule has 1 aromatic rings. The number of hydrogen-bond donors (Lipinski definition) is 2. The van der Waals surface area contributed by atoms with Crippen LogP contribution >= 0.6 is 0 Å². The highest BCUT2D eigenvalue weighted by atomic mass is 16.5. The van der Waals surface area contributed by atoms with Gasteiger partial charge in [0.25, 0.3) is 5.91 Å². The molecule has 1 atom stereocenters. The Morgan fingerprint density at radius 2 is 1.79 bits per heavy atom. The third-order valence-corrected chi connectivity index (χ3v) is 6.51. The molecule has 0 bridgehead atoms. The quantitative estimate of drug-likeness (QED) is 0.501. The van der Waals surface area contributed by atoms with Gasteiger partial charge in [0.2, 0.25) is 5.91 Å². The number of carbonyl (C=O) groups is 2. The van der Waals surface area contributed by atoms with Crippen LogP contribution in [0.25, 0.3) is 0 Å². The highest BCUT2D eigenvalue weighted by molar-refractivity contribution is 6.02. The number of hydrogen-bond acceptors (Lipinski definition) is 5. The molecule has 1 aromatic carbocycles. The van der Waals surface area contributed by atoms with Crippen LogP contribution in [0.3, 0.4) is 0 Å². The fourth-order valence-electron chi connectivity index (χ4n) is 5.10. The maximum Gasteiger partial charge on any atom is 0.253 e. The molecule has 190 valence electrons. The SMILES string of the molecule is CC(CC(=O)Nc1ccc(N2CCCC2)c(C(=O)NCCCN2CCOCC2)c1)CC(C)(C)C. The number of nitrogens with zero attached hydrogens (tertiary/aromatic N) is 2. The molecule has 2 saturated heterocycles. The van der Waals surface area contributed by atoms with E-state index in [1.54, 1.807) is 0 Å². The summed E-state index contributed by atoms with van der Waals surface area (Å²) in [5, 5.41) is 6.13.